The summed E-state index contributed by atoms with van der Waals surface area (Å²) in [6.45, 7) is 10.2. The first kappa shape index (κ1) is 22.8. The minimum atomic E-state index is -0.642. The monoisotopic (exact) mass is 472 g/mol. The zero-order valence-electron chi connectivity index (χ0n) is 19.4. The number of carbonyl (C=O) groups excluding carboxylic acids is 2. The number of amides is 2. The van der Waals surface area contributed by atoms with Gasteiger partial charge in [-0.1, -0.05) is 12.1 Å². The van der Waals surface area contributed by atoms with Crippen LogP contribution in [0.15, 0.2) is 49.2 Å². The van der Waals surface area contributed by atoms with Gasteiger partial charge in [-0.05, 0) is 43.4 Å². The molecule has 0 radical (unpaired) electrons. The Labute approximate surface area is 203 Å². The minimum absolute atomic E-state index is 0.0182. The Kier molecular flexibility index (Phi) is 6.09. The van der Waals surface area contributed by atoms with Gasteiger partial charge < -0.3 is 20.5 Å². The second-order valence-corrected chi connectivity index (χ2v) is 9.42. The molecule has 0 bridgehead atoms. The lowest BCUT2D eigenvalue weighted by Gasteiger charge is -2.38. The summed E-state index contributed by atoms with van der Waals surface area (Å²) in [5.74, 6) is -0.600. The van der Waals surface area contributed by atoms with Crippen molar-refractivity contribution >= 4 is 17.6 Å². The number of imidazole rings is 1. The molecule has 1 aliphatic heterocycles. The molecule has 5 rings (SSSR count). The van der Waals surface area contributed by atoms with E-state index >= 15 is 0 Å². The summed E-state index contributed by atoms with van der Waals surface area (Å²) < 4.78 is 3.67. The smallest absolute Gasteiger partial charge is 0.254 e. The van der Waals surface area contributed by atoms with Crippen molar-refractivity contribution in [3.05, 3.63) is 71.7 Å². The molecule has 35 heavy (non-hydrogen) atoms. The van der Waals surface area contributed by atoms with Crippen molar-refractivity contribution in [1.29, 1.82) is 0 Å². The second-order valence-electron chi connectivity index (χ2n) is 9.42. The van der Waals surface area contributed by atoms with Crippen LogP contribution in [0.5, 0.6) is 0 Å². The Morgan fingerprint density at radius 3 is 2.54 bits per heavy atom. The number of primary amides is 1. The first-order valence-corrected chi connectivity index (χ1v) is 11.8. The molecular formula is C25H28N8O2. The van der Waals surface area contributed by atoms with Gasteiger partial charge in [0.25, 0.3) is 5.91 Å². The molecule has 2 aliphatic rings. The molecule has 1 saturated carbocycles. The summed E-state index contributed by atoms with van der Waals surface area (Å²) in [5.41, 5.74) is 7.49. The van der Waals surface area contributed by atoms with Crippen molar-refractivity contribution < 1.29 is 9.59 Å². The predicted molar refractivity (Wildman–Crippen MR) is 130 cm³/mol. The molecule has 2 fully saturated rings. The van der Waals surface area contributed by atoms with E-state index in [0.717, 1.165) is 38.2 Å². The van der Waals surface area contributed by atoms with Gasteiger partial charge in [0.05, 0.1) is 6.33 Å². The number of anilines is 1. The average Bonchev–Trinajstić information content (AvgIpc) is 3.39. The van der Waals surface area contributed by atoms with Gasteiger partial charge >= 0.3 is 0 Å². The standard InChI is InChI=1S/C25H28N8O2/c1-27-16-25(33-15-21(22(26)34)23(30-33)29-24(35)19-4-5-19)8-11-31(12-9-25)14-18-2-6-20(7-3-18)32-13-10-28-17-32/h2-3,6-7,10,13,15,17,19H,4-5,8-9,11-12,14,16H2,(H2,26,34)(H,29,30,35). The van der Waals surface area contributed by atoms with Crippen LogP contribution in [-0.4, -0.2) is 55.7 Å². The number of carbonyl (C=O) groups is 2. The fraction of sp³-hybridized carbons (Fsp3) is 0.400. The SMILES string of the molecule is [C-]#[N+]CC1(n2cc(C(N)=O)c(NC(=O)C3CC3)n2)CCN(Cc2ccc(-n3ccnc3)cc2)CC1. The number of nitrogens with zero attached hydrogens (tertiary/aromatic N) is 6. The van der Waals surface area contributed by atoms with Gasteiger partial charge in [0.1, 0.15) is 11.1 Å². The minimum Gasteiger partial charge on any atom is -0.365 e. The molecule has 0 unspecified atom stereocenters. The molecule has 2 aromatic heterocycles. The number of aromatic nitrogens is 4. The second kappa shape index (κ2) is 9.35. The topological polar surface area (TPSA) is 115 Å². The quantitative estimate of drug-likeness (QED) is 0.489. The average molecular weight is 473 g/mol. The van der Waals surface area contributed by atoms with E-state index < -0.39 is 11.4 Å². The maximum Gasteiger partial charge on any atom is 0.254 e. The zero-order valence-corrected chi connectivity index (χ0v) is 19.4. The van der Waals surface area contributed by atoms with E-state index in [0.29, 0.717) is 12.8 Å². The van der Waals surface area contributed by atoms with Gasteiger partial charge in [-0.15, -0.1) is 0 Å². The van der Waals surface area contributed by atoms with Gasteiger partial charge in [0, 0.05) is 49.8 Å². The van der Waals surface area contributed by atoms with Gasteiger partial charge in [-0.25, -0.2) is 11.6 Å². The highest BCUT2D eigenvalue weighted by atomic mass is 16.2. The molecule has 180 valence electrons. The first-order chi connectivity index (χ1) is 17.0. The molecule has 2 amide bonds. The zero-order chi connectivity index (χ0) is 24.4. The van der Waals surface area contributed by atoms with E-state index in [1.165, 1.54) is 5.56 Å². The highest BCUT2D eigenvalue weighted by molar-refractivity contribution is 6.02. The van der Waals surface area contributed by atoms with Crippen molar-refractivity contribution in [2.45, 2.75) is 37.8 Å². The van der Waals surface area contributed by atoms with E-state index in [2.05, 4.69) is 49.4 Å². The summed E-state index contributed by atoms with van der Waals surface area (Å²) in [4.78, 5) is 34.5. The number of nitrogens with one attached hydrogen (secondary N) is 1. The van der Waals surface area contributed by atoms with E-state index in [1.54, 1.807) is 23.4 Å². The Bertz CT molecular complexity index is 1240. The summed E-state index contributed by atoms with van der Waals surface area (Å²) in [6, 6.07) is 8.41. The third kappa shape index (κ3) is 4.81. The highest BCUT2D eigenvalue weighted by Gasteiger charge is 2.41. The Hall–Kier alpha value is -3.97. The number of hydrogen-bond acceptors (Lipinski definition) is 5. The van der Waals surface area contributed by atoms with Crippen LogP contribution in [0.25, 0.3) is 10.5 Å². The van der Waals surface area contributed by atoms with Crippen molar-refractivity contribution in [1.82, 2.24) is 24.2 Å². The lowest BCUT2D eigenvalue weighted by molar-refractivity contribution is -0.117. The van der Waals surface area contributed by atoms with Crippen LogP contribution in [0, 0.1) is 12.5 Å². The summed E-state index contributed by atoms with van der Waals surface area (Å²) in [6.07, 6.45) is 10.2. The molecule has 1 saturated heterocycles. The Morgan fingerprint density at radius 1 is 1.20 bits per heavy atom. The van der Waals surface area contributed by atoms with Crippen molar-refractivity contribution in [3.8, 4) is 5.69 Å². The normalized spacial score (nSPS) is 17.6. The molecule has 10 nitrogen and oxygen atoms in total. The fourth-order valence-corrected chi connectivity index (χ4v) is 4.63. The van der Waals surface area contributed by atoms with E-state index in [1.807, 2.05) is 10.8 Å². The predicted octanol–water partition coefficient (Wildman–Crippen LogP) is 2.43. The van der Waals surface area contributed by atoms with Crippen LogP contribution >= 0.6 is 0 Å². The number of hydrogen-bond donors (Lipinski definition) is 2. The maximum atomic E-state index is 12.3. The summed E-state index contributed by atoms with van der Waals surface area (Å²) in [5, 5.41) is 7.32. The van der Waals surface area contributed by atoms with Gasteiger partial charge in [-0.3, -0.25) is 19.2 Å². The van der Waals surface area contributed by atoms with Crippen LogP contribution in [0.1, 0.15) is 41.6 Å². The van der Waals surface area contributed by atoms with Gasteiger partial charge in [-0.2, -0.15) is 5.10 Å². The van der Waals surface area contributed by atoms with E-state index in [4.69, 9.17) is 12.3 Å². The molecule has 3 aromatic rings. The molecule has 1 aromatic carbocycles. The summed E-state index contributed by atoms with van der Waals surface area (Å²) >= 11 is 0. The van der Waals surface area contributed by atoms with Crippen LogP contribution in [-0.2, 0) is 16.9 Å². The van der Waals surface area contributed by atoms with Crippen LogP contribution in [0.4, 0.5) is 5.82 Å². The molecule has 10 heteroatoms. The number of benzene rings is 1. The van der Waals surface area contributed by atoms with Crippen LogP contribution < -0.4 is 11.1 Å². The largest absolute Gasteiger partial charge is 0.365 e. The number of nitrogens with two attached hydrogens (primary N) is 1. The van der Waals surface area contributed by atoms with Crippen LogP contribution in [0.2, 0.25) is 0 Å². The molecular weight excluding hydrogens is 444 g/mol. The fourth-order valence-electron chi connectivity index (χ4n) is 4.63. The van der Waals surface area contributed by atoms with E-state index in [-0.39, 0.29) is 29.8 Å². The maximum absolute atomic E-state index is 12.3. The Morgan fingerprint density at radius 2 is 1.94 bits per heavy atom. The third-order valence-corrected chi connectivity index (χ3v) is 6.96. The van der Waals surface area contributed by atoms with E-state index in [9.17, 15) is 9.59 Å². The van der Waals surface area contributed by atoms with Gasteiger partial charge in [0.15, 0.2) is 5.82 Å². The lowest BCUT2D eigenvalue weighted by atomic mass is 9.87. The molecule has 3 N–H and O–H groups in total. The first-order valence-electron chi connectivity index (χ1n) is 11.8. The van der Waals surface area contributed by atoms with Crippen molar-refractivity contribution in [3.63, 3.8) is 0 Å². The van der Waals surface area contributed by atoms with Gasteiger partial charge in [0.2, 0.25) is 12.5 Å². The van der Waals surface area contributed by atoms with Crippen LogP contribution in [0.3, 0.4) is 0 Å². The molecule has 3 heterocycles. The Balaban J connectivity index is 1.28. The lowest BCUT2D eigenvalue weighted by Crippen LogP contribution is -2.48. The third-order valence-electron chi connectivity index (χ3n) is 6.96. The molecule has 0 atom stereocenters. The number of likely N-dealkylation sites (tertiary alicyclic amines) is 1. The number of rotatable bonds is 8. The molecule has 1 aliphatic carbocycles. The van der Waals surface area contributed by atoms with Crippen molar-refractivity contribution in [2.75, 3.05) is 25.0 Å². The number of piperidine rings is 1. The highest BCUT2D eigenvalue weighted by Crippen LogP contribution is 2.34. The van der Waals surface area contributed by atoms with Crippen molar-refractivity contribution in [2.24, 2.45) is 11.7 Å². The molecule has 0 spiro atoms. The summed E-state index contributed by atoms with van der Waals surface area (Å²) in [7, 11) is 0.